The summed E-state index contributed by atoms with van der Waals surface area (Å²) in [7, 11) is 3.73. The molecule has 0 saturated heterocycles. The van der Waals surface area contributed by atoms with E-state index < -0.39 is 0 Å². The van der Waals surface area contributed by atoms with E-state index in [0.717, 1.165) is 49.9 Å². The molecule has 0 aliphatic rings. The van der Waals surface area contributed by atoms with E-state index in [1.54, 1.807) is 13.4 Å². The molecule has 2 rings (SSSR count). The number of hydrogen-bond donors (Lipinski definition) is 1. The van der Waals surface area contributed by atoms with Crippen LogP contribution in [-0.2, 0) is 13.0 Å². The number of guanidine groups is 1. The zero-order valence-corrected chi connectivity index (χ0v) is 14.8. The molecule has 0 saturated carbocycles. The Hall–Kier alpha value is -2.43. The number of furan rings is 1. The summed E-state index contributed by atoms with van der Waals surface area (Å²) >= 11 is 0. The molecule has 0 atom stereocenters. The highest BCUT2D eigenvalue weighted by molar-refractivity contribution is 5.79. The predicted molar refractivity (Wildman–Crippen MR) is 97.5 cm³/mol. The van der Waals surface area contributed by atoms with Crippen molar-refractivity contribution in [2.45, 2.75) is 26.3 Å². The van der Waals surface area contributed by atoms with Crippen LogP contribution in [0.25, 0.3) is 0 Å². The minimum Gasteiger partial charge on any atom is -0.497 e. The Morgan fingerprint density at radius 3 is 2.67 bits per heavy atom. The zero-order chi connectivity index (χ0) is 17.2. The molecule has 1 aromatic carbocycles. The predicted octanol–water partition coefficient (Wildman–Crippen LogP) is 3.32. The van der Waals surface area contributed by atoms with Gasteiger partial charge in [-0.25, -0.2) is 0 Å². The molecule has 0 radical (unpaired) electrons. The minimum absolute atomic E-state index is 0.792. The van der Waals surface area contributed by atoms with Crippen molar-refractivity contribution in [1.82, 2.24) is 10.2 Å². The van der Waals surface area contributed by atoms with Crippen LogP contribution >= 0.6 is 0 Å². The normalized spacial score (nSPS) is 11.4. The first-order valence-electron chi connectivity index (χ1n) is 8.37. The van der Waals surface area contributed by atoms with Gasteiger partial charge in [0.1, 0.15) is 11.5 Å². The van der Waals surface area contributed by atoms with Crippen LogP contribution < -0.4 is 10.1 Å². The second-order valence-electron chi connectivity index (χ2n) is 5.67. The van der Waals surface area contributed by atoms with Gasteiger partial charge in [0.2, 0.25) is 0 Å². The first-order valence-corrected chi connectivity index (χ1v) is 8.37. The Kier molecular flexibility index (Phi) is 7.21. The molecule has 1 N–H and O–H groups in total. The molecule has 2 aromatic rings. The summed E-state index contributed by atoms with van der Waals surface area (Å²) in [6.45, 7) is 4.53. The molecule has 0 bridgehead atoms. The maximum absolute atomic E-state index is 5.37. The molecule has 0 amide bonds. The summed E-state index contributed by atoms with van der Waals surface area (Å²) in [4.78, 5) is 6.81. The van der Waals surface area contributed by atoms with Gasteiger partial charge in [-0.05, 0) is 36.2 Å². The van der Waals surface area contributed by atoms with Crippen LogP contribution in [0.2, 0.25) is 0 Å². The van der Waals surface area contributed by atoms with E-state index in [0.29, 0.717) is 0 Å². The van der Waals surface area contributed by atoms with E-state index in [2.05, 4.69) is 41.3 Å². The zero-order valence-electron chi connectivity index (χ0n) is 14.8. The van der Waals surface area contributed by atoms with Crippen LogP contribution in [0.1, 0.15) is 24.7 Å². The summed E-state index contributed by atoms with van der Waals surface area (Å²) < 4.78 is 10.6. The van der Waals surface area contributed by atoms with Gasteiger partial charge in [0, 0.05) is 33.1 Å². The Bertz CT molecular complexity index is 606. The molecular weight excluding hydrogens is 302 g/mol. The fourth-order valence-corrected chi connectivity index (χ4v) is 2.36. The van der Waals surface area contributed by atoms with Gasteiger partial charge in [-0.1, -0.05) is 19.1 Å². The third kappa shape index (κ3) is 5.65. The monoisotopic (exact) mass is 329 g/mol. The summed E-state index contributed by atoms with van der Waals surface area (Å²) in [6, 6.07) is 12.0. The lowest BCUT2D eigenvalue weighted by molar-refractivity contribution is 0.414. The second kappa shape index (κ2) is 9.65. The number of rotatable bonds is 8. The molecular formula is C19H27N3O2. The number of nitrogens with zero attached hydrogens (tertiary/aromatic N) is 2. The molecule has 0 spiro atoms. The summed E-state index contributed by atoms with van der Waals surface area (Å²) in [5, 5.41) is 3.43. The molecule has 24 heavy (non-hydrogen) atoms. The van der Waals surface area contributed by atoms with Crippen molar-refractivity contribution in [3.05, 3.63) is 54.0 Å². The van der Waals surface area contributed by atoms with E-state index in [1.165, 1.54) is 5.56 Å². The smallest absolute Gasteiger partial charge is 0.193 e. The number of benzene rings is 1. The van der Waals surface area contributed by atoms with Gasteiger partial charge in [0.15, 0.2) is 5.96 Å². The van der Waals surface area contributed by atoms with Crippen molar-refractivity contribution >= 4 is 5.96 Å². The quantitative estimate of drug-likeness (QED) is 0.596. The first-order chi connectivity index (χ1) is 11.7. The van der Waals surface area contributed by atoms with Crippen LogP contribution in [0.3, 0.4) is 0 Å². The van der Waals surface area contributed by atoms with E-state index in [4.69, 9.17) is 9.15 Å². The number of methoxy groups -OCH3 is 1. The van der Waals surface area contributed by atoms with Gasteiger partial charge >= 0.3 is 0 Å². The van der Waals surface area contributed by atoms with Gasteiger partial charge in [0.25, 0.3) is 0 Å². The Morgan fingerprint density at radius 1 is 1.25 bits per heavy atom. The Balaban J connectivity index is 1.92. The Morgan fingerprint density at radius 2 is 2.04 bits per heavy atom. The highest BCUT2D eigenvalue weighted by Crippen LogP contribution is 2.12. The largest absolute Gasteiger partial charge is 0.497 e. The van der Waals surface area contributed by atoms with Crippen molar-refractivity contribution in [3.8, 4) is 5.75 Å². The molecule has 0 unspecified atom stereocenters. The SMILES string of the molecule is CCCN=C(NCCc1ccco1)N(C)Cc1ccc(OC)cc1. The van der Waals surface area contributed by atoms with Crippen LogP contribution in [0.5, 0.6) is 5.75 Å². The third-order valence-electron chi connectivity index (χ3n) is 3.66. The van der Waals surface area contributed by atoms with Crippen LogP contribution in [0.4, 0.5) is 0 Å². The van der Waals surface area contributed by atoms with Crippen LogP contribution in [0.15, 0.2) is 52.1 Å². The second-order valence-corrected chi connectivity index (χ2v) is 5.67. The highest BCUT2D eigenvalue weighted by atomic mass is 16.5. The standard InChI is InChI=1S/C19H27N3O2/c1-4-12-20-19(21-13-11-18-6-5-14-24-18)22(2)15-16-7-9-17(23-3)10-8-16/h5-10,14H,4,11-13,15H2,1-3H3,(H,20,21). The van der Waals surface area contributed by atoms with Crippen LogP contribution in [0, 0.1) is 0 Å². The number of ether oxygens (including phenoxy) is 1. The van der Waals surface area contributed by atoms with E-state index in [1.807, 2.05) is 24.3 Å². The molecule has 0 aliphatic carbocycles. The fraction of sp³-hybridized carbons (Fsp3) is 0.421. The van der Waals surface area contributed by atoms with Crippen LogP contribution in [-0.4, -0.2) is 38.1 Å². The molecule has 1 heterocycles. The first kappa shape index (κ1) is 17.9. The molecule has 0 aliphatic heterocycles. The van der Waals surface area contributed by atoms with Crippen molar-refractivity contribution < 1.29 is 9.15 Å². The third-order valence-corrected chi connectivity index (χ3v) is 3.66. The van der Waals surface area contributed by atoms with Crippen molar-refractivity contribution in [2.24, 2.45) is 4.99 Å². The van der Waals surface area contributed by atoms with Gasteiger partial charge in [-0.15, -0.1) is 0 Å². The van der Waals surface area contributed by atoms with Gasteiger partial charge in [-0.2, -0.15) is 0 Å². The average Bonchev–Trinajstić information content (AvgIpc) is 3.12. The lowest BCUT2D eigenvalue weighted by Gasteiger charge is -2.22. The lowest BCUT2D eigenvalue weighted by atomic mass is 10.2. The number of hydrogen-bond acceptors (Lipinski definition) is 3. The molecule has 5 heteroatoms. The summed E-state index contributed by atoms with van der Waals surface area (Å²) in [5.41, 5.74) is 1.22. The topological polar surface area (TPSA) is 50.0 Å². The maximum Gasteiger partial charge on any atom is 0.193 e. The van der Waals surface area contributed by atoms with Gasteiger partial charge < -0.3 is 19.4 Å². The number of aliphatic imine (C=N–C) groups is 1. The van der Waals surface area contributed by atoms with Crippen molar-refractivity contribution in [3.63, 3.8) is 0 Å². The lowest BCUT2D eigenvalue weighted by Crippen LogP contribution is -2.39. The van der Waals surface area contributed by atoms with Crippen molar-refractivity contribution in [2.75, 3.05) is 27.2 Å². The maximum atomic E-state index is 5.37. The summed E-state index contributed by atoms with van der Waals surface area (Å²) in [5.74, 6) is 2.77. The van der Waals surface area contributed by atoms with Crippen molar-refractivity contribution in [1.29, 1.82) is 0 Å². The highest BCUT2D eigenvalue weighted by Gasteiger charge is 2.07. The Labute approximate surface area is 144 Å². The fourth-order valence-electron chi connectivity index (χ4n) is 2.36. The average molecular weight is 329 g/mol. The molecule has 1 aromatic heterocycles. The summed E-state index contributed by atoms with van der Waals surface area (Å²) in [6.07, 6.45) is 3.57. The van der Waals surface area contributed by atoms with E-state index in [9.17, 15) is 0 Å². The van der Waals surface area contributed by atoms with E-state index in [-0.39, 0.29) is 0 Å². The minimum atomic E-state index is 0.792. The van der Waals surface area contributed by atoms with E-state index >= 15 is 0 Å². The number of nitrogens with one attached hydrogen (secondary N) is 1. The molecule has 130 valence electrons. The molecule has 0 fully saturated rings. The molecule has 5 nitrogen and oxygen atoms in total. The van der Waals surface area contributed by atoms with Gasteiger partial charge in [-0.3, -0.25) is 4.99 Å². The van der Waals surface area contributed by atoms with Gasteiger partial charge in [0.05, 0.1) is 13.4 Å².